The molecule has 5 heteroatoms. The largest absolute Gasteiger partial charge is 0.314 e. The van der Waals surface area contributed by atoms with Crippen LogP contribution in [0.1, 0.15) is 31.2 Å². The van der Waals surface area contributed by atoms with Crippen LogP contribution in [0.25, 0.3) is 0 Å². The average Bonchev–Trinajstić information content (AvgIpc) is 2.61. The minimum Gasteiger partial charge on any atom is -0.314 e. The van der Waals surface area contributed by atoms with Crippen LogP contribution in [0.3, 0.4) is 0 Å². The highest BCUT2D eigenvalue weighted by atomic mass is 15.4. The van der Waals surface area contributed by atoms with Crippen molar-refractivity contribution in [3.05, 3.63) is 11.4 Å². The molecular weight excluding hydrogens is 202 g/mol. The molecule has 0 spiro atoms. The molecule has 0 aliphatic carbocycles. The van der Waals surface area contributed by atoms with Crippen LogP contribution in [0.4, 0.5) is 0 Å². The summed E-state index contributed by atoms with van der Waals surface area (Å²) in [6, 6.07) is 0. The fraction of sp³-hybridized carbons (Fsp3) is 0.818. The second-order valence-electron chi connectivity index (χ2n) is 4.73. The van der Waals surface area contributed by atoms with E-state index in [0.29, 0.717) is 5.92 Å². The smallest absolute Gasteiger partial charge is 0.100 e. The molecular formula is C11H21N5. The highest BCUT2D eigenvalue weighted by Crippen LogP contribution is 2.18. The van der Waals surface area contributed by atoms with E-state index < -0.39 is 0 Å². The zero-order chi connectivity index (χ0) is 11.5. The molecule has 1 aromatic rings. The van der Waals surface area contributed by atoms with Crippen molar-refractivity contribution in [3.8, 4) is 0 Å². The molecule has 2 rings (SSSR count). The number of hydrogen-bond acceptors (Lipinski definition) is 4. The van der Waals surface area contributed by atoms with Gasteiger partial charge in [-0.15, -0.1) is 5.10 Å². The van der Waals surface area contributed by atoms with Gasteiger partial charge in [0, 0.05) is 39.8 Å². The van der Waals surface area contributed by atoms with Gasteiger partial charge in [0.05, 0.1) is 5.69 Å². The van der Waals surface area contributed by atoms with Gasteiger partial charge in [-0.1, -0.05) is 19.1 Å². The van der Waals surface area contributed by atoms with Crippen LogP contribution >= 0.6 is 0 Å². The van der Waals surface area contributed by atoms with E-state index in [9.17, 15) is 0 Å². The molecule has 1 saturated heterocycles. The summed E-state index contributed by atoms with van der Waals surface area (Å²) in [4.78, 5) is 2.44. The summed E-state index contributed by atoms with van der Waals surface area (Å²) in [6.07, 6.45) is 0. The van der Waals surface area contributed by atoms with E-state index in [2.05, 4.69) is 34.4 Å². The summed E-state index contributed by atoms with van der Waals surface area (Å²) in [6.45, 7) is 9.69. The Morgan fingerprint density at radius 1 is 1.31 bits per heavy atom. The molecule has 0 amide bonds. The molecule has 16 heavy (non-hydrogen) atoms. The topological polar surface area (TPSA) is 46.0 Å². The molecule has 0 radical (unpaired) electrons. The standard InChI is InChI=1S/C11H21N5/c1-9(2)11-10(13-14-15(11)3)8-16-6-4-12-5-7-16/h9,12H,4-8H2,1-3H3. The van der Waals surface area contributed by atoms with Crippen molar-refractivity contribution in [2.24, 2.45) is 7.05 Å². The van der Waals surface area contributed by atoms with Crippen molar-refractivity contribution in [3.63, 3.8) is 0 Å². The molecule has 90 valence electrons. The Hall–Kier alpha value is -0.940. The van der Waals surface area contributed by atoms with Gasteiger partial charge in [0.25, 0.3) is 0 Å². The third-order valence-corrected chi connectivity index (χ3v) is 3.07. The Balaban J connectivity index is 2.08. The maximum absolute atomic E-state index is 4.28. The normalized spacial score (nSPS) is 18.2. The monoisotopic (exact) mass is 223 g/mol. The molecule has 0 bridgehead atoms. The predicted molar refractivity (Wildman–Crippen MR) is 63.2 cm³/mol. The van der Waals surface area contributed by atoms with E-state index in [1.807, 2.05) is 11.7 Å². The van der Waals surface area contributed by atoms with Crippen LogP contribution in [0.15, 0.2) is 0 Å². The van der Waals surface area contributed by atoms with Crippen molar-refractivity contribution < 1.29 is 0 Å². The van der Waals surface area contributed by atoms with Crippen molar-refractivity contribution in [1.82, 2.24) is 25.2 Å². The van der Waals surface area contributed by atoms with E-state index >= 15 is 0 Å². The Morgan fingerprint density at radius 3 is 2.62 bits per heavy atom. The van der Waals surface area contributed by atoms with Crippen LogP contribution in [0, 0.1) is 0 Å². The summed E-state index contributed by atoms with van der Waals surface area (Å²) < 4.78 is 1.90. The van der Waals surface area contributed by atoms with E-state index in [-0.39, 0.29) is 0 Å². The molecule has 1 aromatic heterocycles. The summed E-state index contributed by atoms with van der Waals surface area (Å²) in [7, 11) is 1.98. The van der Waals surface area contributed by atoms with Gasteiger partial charge in [-0.3, -0.25) is 9.58 Å². The third-order valence-electron chi connectivity index (χ3n) is 3.07. The summed E-state index contributed by atoms with van der Waals surface area (Å²) >= 11 is 0. The van der Waals surface area contributed by atoms with Crippen molar-refractivity contribution in [1.29, 1.82) is 0 Å². The zero-order valence-electron chi connectivity index (χ0n) is 10.4. The SMILES string of the molecule is CC(C)c1c(CN2CCNCC2)nnn1C. The third kappa shape index (κ3) is 2.41. The molecule has 0 saturated carbocycles. The minimum atomic E-state index is 0.484. The van der Waals surface area contributed by atoms with Crippen molar-refractivity contribution in [2.45, 2.75) is 26.3 Å². The molecule has 2 heterocycles. The maximum Gasteiger partial charge on any atom is 0.100 e. The van der Waals surface area contributed by atoms with Gasteiger partial charge in [-0.25, -0.2) is 0 Å². The molecule has 1 aliphatic rings. The lowest BCUT2D eigenvalue weighted by molar-refractivity contribution is 0.230. The number of aryl methyl sites for hydroxylation is 1. The lowest BCUT2D eigenvalue weighted by Crippen LogP contribution is -2.43. The molecule has 5 nitrogen and oxygen atoms in total. The lowest BCUT2D eigenvalue weighted by atomic mass is 10.1. The number of aromatic nitrogens is 3. The average molecular weight is 223 g/mol. The quantitative estimate of drug-likeness (QED) is 0.803. The number of piperazine rings is 1. The molecule has 0 aromatic carbocycles. The lowest BCUT2D eigenvalue weighted by Gasteiger charge is -2.26. The predicted octanol–water partition coefficient (Wildman–Crippen LogP) is 0.344. The van der Waals surface area contributed by atoms with Crippen LogP contribution in [-0.4, -0.2) is 46.1 Å². The van der Waals surface area contributed by atoms with E-state index in [1.165, 1.54) is 5.69 Å². The van der Waals surface area contributed by atoms with Crippen LogP contribution in [0.5, 0.6) is 0 Å². The number of rotatable bonds is 3. The second kappa shape index (κ2) is 4.93. The van der Waals surface area contributed by atoms with Crippen molar-refractivity contribution in [2.75, 3.05) is 26.2 Å². The molecule has 1 aliphatic heterocycles. The first kappa shape index (κ1) is 11.5. The van der Waals surface area contributed by atoms with Gasteiger partial charge in [-0.2, -0.15) is 0 Å². The van der Waals surface area contributed by atoms with Gasteiger partial charge < -0.3 is 5.32 Å². The Kier molecular flexibility index (Phi) is 3.56. The first-order valence-electron chi connectivity index (χ1n) is 6.00. The summed E-state index contributed by atoms with van der Waals surface area (Å²) in [5, 5.41) is 11.8. The fourth-order valence-electron chi connectivity index (χ4n) is 2.31. The van der Waals surface area contributed by atoms with E-state index in [1.54, 1.807) is 0 Å². The van der Waals surface area contributed by atoms with Crippen LogP contribution in [-0.2, 0) is 13.6 Å². The number of nitrogens with one attached hydrogen (secondary N) is 1. The van der Waals surface area contributed by atoms with Crippen LogP contribution in [0.2, 0.25) is 0 Å². The summed E-state index contributed by atoms with van der Waals surface area (Å²) in [5.41, 5.74) is 2.40. The molecule has 0 unspecified atom stereocenters. The van der Waals surface area contributed by atoms with Gasteiger partial charge >= 0.3 is 0 Å². The molecule has 0 atom stereocenters. The van der Waals surface area contributed by atoms with Gasteiger partial charge in [0.1, 0.15) is 5.69 Å². The van der Waals surface area contributed by atoms with Crippen LogP contribution < -0.4 is 5.32 Å². The number of hydrogen-bond donors (Lipinski definition) is 1. The highest BCUT2D eigenvalue weighted by molar-refractivity contribution is 5.14. The Bertz CT molecular complexity index is 338. The van der Waals surface area contributed by atoms with E-state index in [4.69, 9.17) is 0 Å². The van der Waals surface area contributed by atoms with E-state index in [0.717, 1.165) is 38.4 Å². The molecule has 1 N–H and O–H groups in total. The summed E-state index contributed by atoms with van der Waals surface area (Å²) in [5.74, 6) is 0.484. The first-order chi connectivity index (χ1) is 7.68. The van der Waals surface area contributed by atoms with Gasteiger partial charge in [0.2, 0.25) is 0 Å². The zero-order valence-corrected chi connectivity index (χ0v) is 10.4. The maximum atomic E-state index is 4.28. The minimum absolute atomic E-state index is 0.484. The van der Waals surface area contributed by atoms with Gasteiger partial charge in [0.15, 0.2) is 0 Å². The number of nitrogens with zero attached hydrogens (tertiary/aromatic N) is 4. The van der Waals surface area contributed by atoms with Crippen molar-refractivity contribution >= 4 is 0 Å². The fourth-order valence-corrected chi connectivity index (χ4v) is 2.31. The van der Waals surface area contributed by atoms with Gasteiger partial charge in [-0.05, 0) is 5.92 Å². The Labute approximate surface area is 96.8 Å². The highest BCUT2D eigenvalue weighted by Gasteiger charge is 2.18. The first-order valence-corrected chi connectivity index (χ1v) is 6.00. The second-order valence-corrected chi connectivity index (χ2v) is 4.73. The molecule has 1 fully saturated rings. The Morgan fingerprint density at radius 2 is 2.00 bits per heavy atom.